The minimum absolute atomic E-state index is 0. The van der Waals surface area contributed by atoms with Crippen LogP contribution in [0, 0.1) is 5.92 Å². The van der Waals surface area contributed by atoms with E-state index in [1.165, 1.54) is 4.88 Å². The van der Waals surface area contributed by atoms with Crippen molar-refractivity contribution in [1.29, 1.82) is 0 Å². The molecule has 0 saturated heterocycles. The van der Waals surface area contributed by atoms with Gasteiger partial charge in [-0.1, -0.05) is 19.9 Å². The lowest BCUT2D eigenvalue weighted by atomic mass is 10.0. The van der Waals surface area contributed by atoms with E-state index in [0.29, 0.717) is 12.0 Å². The van der Waals surface area contributed by atoms with E-state index < -0.39 is 0 Å². The molecule has 0 bridgehead atoms. The van der Waals surface area contributed by atoms with Gasteiger partial charge in [-0.2, -0.15) is 0 Å². The molecule has 0 aromatic carbocycles. The monoisotopic (exact) mass is 439 g/mol. The Morgan fingerprint density at radius 3 is 2.64 bits per heavy atom. The number of thiophene rings is 1. The summed E-state index contributed by atoms with van der Waals surface area (Å²) in [4.78, 5) is 5.89. The molecule has 0 fully saturated rings. The normalized spacial score (nSPS) is 12.9. The third kappa shape index (κ3) is 8.95. The van der Waals surface area contributed by atoms with E-state index >= 15 is 0 Å². The van der Waals surface area contributed by atoms with Gasteiger partial charge in [0, 0.05) is 24.6 Å². The number of guanidine groups is 1. The third-order valence-electron chi connectivity index (χ3n) is 3.16. The van der Waals surface area contributed by atoms with Crippen molar-refractivity contribution >= 4 is 41.3 Å². The van der Waals surface area contributed by atoms with Crippen LogP contribution in [-0.4, -0.2) is 31.8 Å². The second kappa shape index (κ2) is 13.1. The van der Waals surface area contributed by atoms with Crippen LogP contribution in [0.25, 0.3) is 0 Å². The summed E-state index contributed by atoms with van der Waals surface area (Å²) in [6.07, 6.45) is 1.30. The van der Waals surface area contributed by atoms with Crippen LogP contribution < -0.4 is 10.6 Å². The van der Waals surface area contributed by atoms with Crippen molar-refractivity contribution in [1.82, 2.24) is 10.6 Å². The smallest absolute Gasteiger partial charge is 0.191 e. The van der Waals surface area contributed by atoms with Crippen molar-refractivity contribution in [2.24, 2.45) is 10.9 Å². The first-order valence-corrected chi connectivity index (χ1v) is 8.71. The Morgan fingerprint density at radius 2 is 2.09 bits per heavy atom. The maximum absolute atomic E-state index is 5.77. The molecule has 1 unspecified atom stereocenters. The van der Waals surface area contributed by atoms with E-state index in [-0.39, 0.29) is 24.0 Å². The van der Waals surface area contributed by atoms with Crippen LogP contribution in [0.5, 0.6) is 0 Å². The Bertz CT molecular complexity index is 396. The highest BCUT2D eigenvalue weighted by Gasteiger charge is 2.12. The van der Waals surface area contributed by atoms with E-state index in [2.05, 4.69) is 60.8 Å². The van der Waals surface area contributed by atoms with Crippen LogP contribution in [0.15, 0.2) is 22.5 Å². The summed E-state index contributed by atoms with van der Waals surface area (Å²) >= 11 is 1.74. The predicted octanol–water partition coefficient (Wildman–Crippen LogP) is 3.87. The molecule has 1 rings (SSSR count). The zero-order valence-corrected chi connectivity index (χ0v) is 17.2. The van der Waals surface area contributed by atoms with Crippen LogP contribution >= 0.6 is 35.3 Å². The van der Waals surface area contributed by atoms with Crippen LogP contribution in [-0.2, 0) is 11.3 Å². The maximum Gasteiger partial charge on any atom is 0.191 e. The van der Waals surface area contributed by atoms with Gasteiger partial charge in [-0.05, 0) is 37.6 Å². The predicted molar refractivity (Wildman–Crippen MR) is 107 cm³/mol. The second-order valence-corrected chi connectivity index (χ2v) is 6.26. The van der Waals surface area contributed by atoms with Gasteiger partial charge in [0.1, 0.15) is 0 Å². The zero-order chi connectivity index (χ0) is 15.5. The van der Waals surface area contributed by atoms with E-state index in [0.717, 1.165) is 38.6 Å². The van der Waals surface area contributed by atoms with Gasteiger partial charge < -0.3 is 15.4 Å². The fourth-order valence-electron chi connectivity index (χ4n) is 2.06. The lowest BCUT2D eigenvalue weighted by Crippen LogP contribution is -2.39. The van der Waals surface area contributed by atoms with Crippen LogP contribution in [0.2, 0.25) is 0 Å². The molecule has 0 aliphatic carbocycles. The molecule has 0 aliphatic rings. The van der Waals surface area contributed by atoms with Crippen molar-refractivity contribution in [3.05, 3.63) is 22.4 Å². The number of hydrogen-bond donors (Lipinski definition) is 2. The van der Waals surface area contributed by atoms with Gasteiger partial charge in [0.2, 0.25) is 0 Å². The summed E-state index contributed by atoms with van der Waals surface area (Å²) in [5.41, 5.74) is 0. The Kier molecular flexibility index (Phi) is 12.9. The first-order valence-electron chi connectivity index (χ1n) is 7.83. The fraction of sp³-hybridized carbons (Fsp3) is 0.688. The Morgan fingerprint density at radius 1 is 1.32 bits per heavy atom. The van der Waals surface area contributed by atoms with Crippen molar-refractivity contribution in [3.63, 3.8) is 0 Å². The van der Waals surface area contributed by atoms with Crippen LogP contribution in [0.3, 0.4) is 0 Å². The van der Waals surface area contributed by atoms with E-state index in [1.807, 2.05) is 0 Å². The molecule has 1 aromatic rings. The van der Waals surface area contributed by atoms with Gasteiger partial charge in [-0.3, -0.25) is 0 Å². The Hall–Kier alpha value is -0.340. The average Bonchev–Trinajstić information content (AvgIpc) is 2.96. The fourth-order valence-corrected chi connectivity index (χ4v) is 2.69. The summed E-state index contributed by atoms with van der Waals surface area (Å²) in [5.74, 6) is 1.42. The molecule has 0 radical (unpaired) electrons. The lowest BCUT2D eigenvalue weighted by molar-refractivity contribution is 0.0258. The number of rotatable bonds is 9. The standard InChI is InChI=1S/C16H29N3OS.HI/c1-5-17-16(19-12-14-8-7-11-21-14)18-10-9-15(13(3)4)20-6-2;/h7-8,11,13,15H,5-6,9-10,12H2,1-4H3,(H2,17,18,19);1H. The van der Waals surface area contributed by atoms with Gasteiger partial charge >= 0.3 is 0 Å². The average molecular weight is 439 g/mol. The third-order valence-corrected chi connectivity index (χ3v) is 4.02. The number of ether oxygens (including phenoxy) is 1. The maximum atomic E-state index is 5.77. The van der Waals surface area contributed by atoms with Crippen LogP contribution in [0.4, 0.5) is 0 Å². The van der Waals surface area contributed by atoms with Gasteiger partial charge in [0.05, 0.1) is 12.6 Å². The van der Waals surface area contributed by atoms with Gasteiger partial charge in [0.25, 0.3) is 0 Å². The second-order valence-electron chi connectivity index (χ2n) is 5.23. The molecule has 1 atom stereocenters. The van der Waals surface area contributed by atoms with Crippen LogP contribution in [0.1, 0.15) is 39.0 Å². The van der Waals surface area contributed by atoms with Crippen molar-refractivity contribution in [2.75, 3.05) is 19.7 Å². The van der Waals surface area contributed by atoms with Gasteiger partial charge in [-0.15, -0.1) is 35.3 Å². The quantitative estimate of drug-likeness (QED) is 0.349. The Labute approximate surface area is 156 Å². The molecule has 2 N–H and O–H groups in total. The number of nitrogens with zero attached hydrogens (tertiary/aromatic N) is 1. The molecule has 22 heavy (non-hydrogen) atoms. The summed E-state index contributed by atoms with van der Waals surface area (Å²) in [6, 6.07) is 4.17. The topological polar surface area (TPSA) is 45.7 Å². The van der Waals surface area contributed by atoms with E-state index in [9.17, 15) is 0 Å². The lowest BCUT2D eigenvalue weighted by Gasteiger charge is -2.21. The molecule has 0 saturated carbocycles. The molecular weight excluding hydrogens is 409 g/mol. The number of aliphatic imine (C=N–C) groups is 1. The Balaban J connectivity index is 0.00000441. The molecule has 1 heterocycles. The first kappa shape index (κ1) is 21.7. The van der Waals surface area contributed by atoms with Gasteiger partial charge in [-0.25, -0.2) is 4.99 Å². The van der Waals surface area contributed by atoms with E-state index in [1.54, 1.807) is 11.3 Å². The molecule has 128 valence electrons. The summed E-state index contributed by atoms with van der Waals surface area (Å²) in [7, 11) is 0. The van der Waals surface area contributed by atoms with Crippen molar-refractivity contribution < 1.29 is 4.74 Å². The van der Waals surface area contributed by atoms with Crippen molar-refractivity contribution in [3.8, 4) is 0 Å². The van der Waals surface area contributed by atoms with E-state index in [4.69, 9.17) is 4.74 Å². The first-order chi connectivity index (χ1) is 10.2. The highest BCUT2D eigenvalue weighted by Crippen LogP contribution is 2.10. The highest BCUT2D eigenvalue weighted by molar-refractivity contribution is 14.0. The van der Waals surface area contributed by atoms with Crippen molar-refractivity contribution in [2.45, 2.75) is 46.8 Å². The molecule has 6 heteroatoms. The number of halogens is 1. The molecule has 0 amide bonds. The van der Waals surface area contributed by atoms with Gasteiger partial charge in [0.15, 0.2) is 5.96 Å². The SMILES string of the molecule is CCNC(=NCc1cccs1)NCCC(OCC)C(C)C.I. The molecule has 1 aromatic heterocycles. The number of hydrogen-bond acceptors (Lipinski definition) is 3. The summed E-state index contributed by atoms with van der Waals surface area (Å²) in [5, 5.41) is 8.76. The molecule has 0 spiro atoms. The highest BCUT2D eigenvalue weighted by atomic mass is 127. The number of nitrogens with one attached hydrogen (secondary N) is 2. The minimum Gasteiger partial charge on any atom is -0.378 e. The summed E-state index contributed by atoms with van der Waals surface area (Å²) in [6.45, 7) is 11.8. The summed E-state index contributed by atoms with van der Waals surface area (Å²) < 4.78 is 5.77. The minimum atomic E-state index is 0. The zero-order valence-electron chi connectivity index (χ0n) is 14.1. The molecule has 0 aliphatic heterocycles. The molecular formula is C16H30IN3OS. The molecule has 4 nitrogen and oxygen atoms in total. The largest absolute Gasteiger partial charge is 0.378 e.